The minimum Gasteiger partial charge on any atom is -0.465 e. The van der Waals surface area contributed by atoms with Crippen LogP contribution in [0.3, 0.4) is 0 Å². The molecule has 1 aromatic heterocycles. The molecule has 1 unspecified atom stereocenters. The number of nitrogens with one attached hydrogen (secondary N) is 1. The van der Waals surface area contributed by atoms with Crippen molar-refractivity contribution in [3.8, 4) is 11.3 Å². The van der Waals surface area contributed by atoms with E-state index >= 15 is 0 Å². The molecule has 2 N–H and O–H groups in total. The first kappa shape index (κ1) is 19.4. The molecule has 1 aliphatic heterocycles. The van der Waals surface area contributed by atoms with Gasteiger partial charge >= 0.3 is 6.09 Å². The molecule has 5 rings (SSSR count). The lowest BCUT2D eigenvalue weighted by molar-refractivity contribution is 0.0805. The number of piperazine rings is 1. The number of halogens is 2. The number of amides is 1. The van der Waals surface area contributed by atoms with Gasteiger partial charge in [-0.15, -0.1) is 0 Å². The first-order valence-corrected chi connectivity index (χ1v) is 10.3. The van der Waals surface area contributed by atoms with Gasteiger partial charge in [-0.05, 0) is 47.9 Å². The highest BCUT2D eigenvalue weighted by Gasteiger charge is 2.66. The Kier molecular flexibility index (Phi) is 4.16. The van der Waals surface area contributed by atoms with E-state index in [0.717, 1.165) is 24.1 Å². The summed E-state index contributed by atoms with van der Waals surface area (Å²) < 4.78 is 28.7. The number of carbonyl (C=O) groups is 1. The van der Waals surface area contributed by atoms with Gasteiger partial charge in [0.05, 0.1) is 17.0 Å². The van der Waals surface area contributed by atoms with Crippen molar-refractivity contribution < 1.29 is 18.7 Å². The van der Waals surface area contributed by atoms with Gasteiger partial charge in [-0.2, -0.15) is 10.2 Å². The van der Waals surface area contributed by atoms with E-state index in [1.807, 2.05) is 0 Å². The summed E-state index contributed by atoms with van der Waals surface area (Å²) in [5.41, 5.74) is 1.31. The maximum absolute atomic E-state index is 14.3. The third-order valence-electron chi connectivity index (χ3n) is 7.73. The average Bonchev–Trinajstić information content (AvgIpc) is 3.09. The topological polar surface area (TPSA) is 78.4 Å². The van der Waals surface area contributed by atoms with Crippen LogP contribution in [0.15, 0.2) is 24.3 Å². The molecular formula is C22H24F2N4O2. The van der Waals surface area contributed by atoms with E-state index < -0.39 is 17.7 Å². The van der Waals surface area contributed by atoms with Crippen LogP contribution in [0.5, 0.6) is 0 Å². The predicted octanol–water partition coefficient (Wildman–Crippen LogP) is 3.53. The molecule has 2 fully saturated rings. The largest absolute Gasteiger partial charge is 0.465 e. The summed E-state index contributed by atoms with van der Waals surface area (Å²) in [5, 5.41) is 21.8. The number of hydrogen-bond acceptors (Lipinski definition) is 4. The van der Waals surface area contributed by atoms with Crippen LogP contribution in [0.25, 0.3) is 11.3 Å². The highest BCUT2D eigenvalue weighted by molar-refractivity contribution is 5.66. The van der Waals surface area contributed by atoms with E-state index in [2.05, 4.69) is 29.4 Å². The van der Waals surface area contributed by atoms with Crippen LogP contribution in [-0.4, -0.2) is 52.0 Å². The highest BCUT2D eigenvalue weighted by atomic mass is 19.1. The smallest absolute Gasteiger partial charge is 0.407 e. The fourth-order valence-corrected chi connectivity index (χ4v) is 6.26. The standard InChI is InChI=1S/C22H24F2N4O2/c1-21(2)13-6-7-22(21,17-11-28(20(29)30)9-8-25-17)19-12(13)10-16(26-27-19)18-14(23)4-3-5-15(18)24/h3-5,10,13,17,25H,6-9,11H2,1-2H3,(H,29,30)/t13-,17?,22-/m0/s1. The molecule has 1 saturated carbocycles. The number of carboxylic acid groups (broad SMARTS) is 1. The second-order valence-electron chi connectivity index (χ2n) is 9.15. The summed E-state index contributed by atoms with van der Waals surface area (Å²) in [6.07, 6.45) is 0.890. The Bertz CT molecular complexity index is 1020. The minimum atomic E-state index is -0.917. The fraction of sp³-hybridized carbons (Fsp3) is 0.500. The molecule has 3 aliphatic rings. The average molecular weight is 414 g/mol. The zero-order chi connectivity index (χ0) is 21.3. The maximum Gasteiger partial charge on any atom is 0.407 e. The Morgan fingerprint density at radius 2 is 2.00 bits per heavy atom. The van der Waals surface area contributed by atoms with Crippen molar-refractivity contribution in [3.05, 3.63) is 47.2 Å². The van der Waals surface area contributed by atoms with E-state index in [1.165, 1.54) is 23.1 Å². The summed E-state index contributed by atoms with van der Waals surface area (Å²) in [7, 11) is 0. The van der Waals surface area contributed by atoms with Crippen molar-refractivity contribution in [2.45, 2.75) is 44.1 Å². The van der Waals surface area contributed by atoms with Gasteiger partial charge in [-0.1, -0.05) is 19.9 Å². The SMILES string of the molecule is CC1(C)[C@H]2CC[C@]1(C1CN(C(=O)O)CCN1)c1nnc(-c3c(F)cccc3F)cc12. The Balaban J connectivity index is 1.62. The lowest BCUT2D eigenvalue weighted by Gasteiger charge is -2.48. The van der Waals surface area contributed by atoms with E-state index in [1.54, 1.807) is 6.07 Å². The van der Waals surface area contributed by atoms with Crippen molar-refractivity contribution in [2.75, 3.05) is 19.6 Å². The van der Waals surface area contributed by atoms with Crippen molar-refractivity contribution in [1.29, 1.82) is 0 Å². The van der Waals surface area contributed by atoms with Gasteiger partial charge in [0.15, 0.2) is 0 Å². The number of aromatic nitrogens is 2. The van der Waals surface area contributed by atoms with Crippen LogP contribution in [0.2, 0.25) is 0 Å². The molecule has 3 atom stereocenters. The van der Waals surface area contributed by atoms with Crippen molar-refractivity contribution in [1.82, 2.24) is 20.4 Å². The molecule has 1 amide bonds. The number of benzene rings is 1. The van der Waals surface area contributed by atoms with Gasteiger partial charge in [0, 0.05) is 31.1 Å². The quantitative estimate of drug-likeness (QED) is 0.786. The zero-order valence-electron chi connectivity index (χ0n) is 17.0. The third-order valence-corrected chi connectivity index (χ3v) is 7.73. The van der Waals surface area contributed by atoms with E-state index in [4.69, 9.17) is 0 Å². The zero-order valence-corrected chi connectivity index (χ0v) is 17.0. The van der Waals surface area contributed by atoms with Gasteiger partial charge in [-0.3, -0.25) is 0 Å². The molecule has 6 nitrogen and oxygen atoms in total. The monoisotopic (exact) mass is 414 g/mol. The highest BCUT2D eigenvalue weighted by Crippen LogP contribution is 2.68. The van der Waals surface area contributed by atoms with E-state index in [0.29, 0.717) is 19.6 Å². The fourth-order valence-electron chi connectivity index (χ4n) is 6.26. The third kappa shape index (κ3) is 2.40. The molecule has 2 aromatic rings. The van der Waals surface area contributed by atoms with Gasteiger partial charge in [0.25, 0.3) is 0 Å². The Morgan fingerprint density at radius 1 is 1.27 bits per heavy atom. The second-order valence-corrected chi connectivity index (χ2v) is 9.15. The first-order valence-electron chi connectivity index (χ1n) is 10.3. The Morgan fingerprint density at radius 3 is 2.70 bits per heavy atom. The van der Waals surface area contributed by atoms with Crippen LogP contribution in [0.4, 0.5) is 13.6 Å². The van der Waals surface area contributed by atoms with Crippen LogP contribution < -0.4 is 5.32 Å². The predicted molar refractivity (Wildman–Crippen MR) is 106 cm³/mol. The summed E-state index contributed by atoms with van der Waals surface area (Å²) in [6.45, 7) is 5.81. The summed E-state index contributed by atoms with van der Waals surface area (Å²) in [5.74, 6) is -1.14. The van der Waals surface area contributed by atoms with Crippen molar-refractivity contribution in [2.24, 2.45) is 5.41 Å². The molecular weight excluding hydrogens is 390 g/mol. The maximum atomic E-state index is 14.3. The lowest BCUT2D eigenvalue weighted by atomic mass is 9.63. The van der Waals surface area contributed by atoms with Crippen LogP contribution in [0.1, 0.15) is 43.9 Å². The van der Waals surface area contributed by atoms with Gasteiger partial charge in [-0.25, -0.2) is 13.6 Å². The number of rotatable bonds is 2. The van der Waals surface area contributed by atoms with Gasteiger partial charge in [0.1, 0.15) is 11.6 Å². The molecule has 30 heavy (non-hydrogen) atoms. The summed E-state index contributed by atoms with van der Waals surface area (Å²) >= 11 is 0. The number of fused-ring (bicyclic) bond motifs is 5. The number of hydrogen-bond donors (Lipinski definition) is 2. The molecule has 1 saturated heterocycles. The molecule has 0 spiro atoms. The lowest BCUT2D eigenvalue weighted by Crippen LogP contribution is -2.63. The molecule has 2 aliphatic carbocycles. The summed E-state index contributed by atoms with van der Waals surface area (Å²) in [6, 6.07) is 5.47. The molecule has 158 valence electrons. The van der Waals surface area contributed by atoms with Crippen molar-refractivity contribution in [3.63, 3.8) is 0 Å². The minimum absolute atomic E-state index is 0.0889. The van der Waals surface area contributed by atoms with Crippen molar-refractivity contribution >= 4 is 6.09 Å². The molecule has 8 heteroatoms. The van der Waals surface area contributed by atoms with Crippen LogP contribution in [0, 0.1) is 17.0 Å². The van der Waals surface area contributed by atoms with E-state index in [-0.39, 0.29) is 34.0 Å². The van der Waals surface area contributed by atoms with Gasteiger partial charge in [0.2, 0.25) is 0 Å². The Labute approximate surface area is 173 Å². The first-order chi connectivity index (χ1) is 14.3. The molecule has 1 aromatic carbocycles. The number of nitrogens with zero attached hydrogens (tertiary/aromatic N) is 3. The molecule has 2 heterocycles. The Hall–Kier alpha value is -2.61. The second kappa shape index (κ2) is 6.44. The normalized spacial score (nSPS) is 29.1. The molecule has 0 radical (unpaired) electrons. The van der Waals surface area contributed by atoms with Gasteiger partial charge < -0.3 is 15.3 Å². The summed E-state index contributed by atoms with van der Waals surface area (Å²) in [4.78, 5) is 13.0. The molecule has 2 bridgehead atoms. The van der Waals surface area contributed by atoms with Crippen LogP contribution in [-0.2, 0) is 5.41 Å². The van der Waals surface area contributed by atoms with Crippen LogP contribution >= 0.6 is 0 Å². The van der Waals surface area contributed by atoms with E-state index in [9.17, 15) is 18.7 Å².